The van der Waals surface area contributed by atoms with Gasteiger partial charge >= 0.3 is 17.9 Å². The normalized spacial score (nSPS) is 12.4. The largest absolute Gasteiger partial charge is 0.462 e. The molecule has 0 aromatic heterocycles. The standard InChI is InChI=1S/C67H120O6/c1-4-7-10-13-16-19-22-25-28-31-33-36-39-42-45-48-51-54-57-60-66(69)72-63-64(62-71-65(68)59-56-53-50-47-44-41-38-35-30-27-24-21-18-15-12-9-6-3)73-67(70)61-58-55-52-49-46-43-40-37-34-32-29-26-23-20-17-14-11-8-5-2/h17,20,26,29,34,37,43,46,52,55,64H,4-16,18-19,21-25,27-28,30-33,35-36,38-42,44-45,47-51,53-54,56-63H2,1-3H3/b20-17-,29-26-,37-34-,46-43-,55-52-. The van der Waals surface area contributed by atoms with Crippen molar-refractivity contribution >= 4 is 17.9 Å². The monoisotopic (exact) mass is 1020 g/mol. The Morgan fingerprint density at radius 1 is 0.274 bits per heavy atom. The zero-order valence-corrected chi connectivity index (χ0v) is 48.7. The molecule has 0 amide bonds. The second-order valence-electron chi connectivity index (χ2n) is 21.3. The Hall–Kier alpha value is -2.89. The molecule has 0 heterocycles. The molecule has 0 saturated heterocycles. The summed E-state index contributed by atoms with van der Waals surface area (Å²) in [7, 11) is 0. The van der Waals surface area contributed by atoms with Crippen LogP contribution >= 0.6 is 0 Å². The van der Waals surface area contributed by atoms with E-state index in [4.69, 9.17) is 14.2 Å². The number of unbranched alkanes of at least 4 members (excludes halogenated alkanes) is 37. The van der Waals surface area contributed by atoms with Crippen LogP contribution in [0.25, 0.3) is 0 Å². The molecule has 0 spiro atoms. The lowest BCUT2D eigenvalue weighted by Gasteiger charge is -2.18. The predicted octanol–water partition coefficient (Wildman–Crippen LogP) is 21.6. The van der Waals surface area contributed by atoms with E-state index in [0.717, 1.165) is 64.2 Å². The molecule has 0 aliphatic carbocycles. The maximum Gasteiger partial charge on any atom is 0.306 e. The molecule has 0 aromatic carbocycles. The molecule has 1 unspecified atom stereocenters. The summed E-state index contributed by atoms with van der Waals surface area (Å²) in [4.78, 5) is 38.3. The van der Waals surface area contributed by atoms with E-state index in [0.29, 0.717) is 19.3 Å². The Bertz CT molecular complexity index is 1310. The Morgan fingerprint density at radius 3 is 0.822 bits per heavy atom. The minimum atomic E-state index is -0.811. The van der Waals surface area contributed by atoms with Crippen molar-refractivity contribution in [2.24, 2.45) is 0 Å². The third-order valence-electron chi connectivity index (χ3n) is 14.0. The third kappa shape index (κ3) is 59.9. The van der Waals surface area contributed by atoms with Gasteiger partial charge in [-0.1, -0.05) is 313 Å². The van der Waals surface area contributed by atoms with Crippen LogP contribution in [-0.2, 0) is 28.6 Å². The minimum absolute atomic E-state index is 0.0992. The molecule has 73 heavy (non-hydrogen) atoms. The summed E-state index contributed by atoms with van der Waals surface area (Å²) < 4.78 is 16.9. The van der Waals surface area contributed by atoms with Crippen LogP contribution in [0.1, 0.15) is 329 Å². The molecule has 0 bridgehead atoms. The first-order valence-corrected chi connectivity index (χ1v) is 31.8. The summed E-state index contributed by atoms with van der Waals surface area (Å²) in [5.74, 6) is -0.962. The van der Waals surface area contributed by atoms with Crippen molar-refractivity contribution in [2.75, 3.05) is 13.2 Å². The molecular formula is C67H120O6. The number of carbonyl (C=O) groups excluding carboxylic acids is 3. The zero-order valence-electron chi connectivity index (χ0n) is 48.7. The molecule has 0 aliphatic heterocycles. The molecule has 424 valence electrons. The molecule has 1 atom stereocenters. The van der Waals surface area contributed by atoms with Crippen molar-refractivity contribution in [1.29, 1.82) is 0 Å². The summed E-state index contributed by atoms with van der Waals surface area (Å²) in [6.45, 7) is 6.61. The van der Waals surface area contributed by atoms with Crippen molar-refractivity contribution < 1.29 is 28.6 Å². The van der Waals surface area contributed by atoms with Crippen molar-refractivity contribution in [3.8, 4) is 0 Å². The fraction of sp³-hybridized carbons (Fsp3) is 0.806. The van der Waals surface area contributed by atoms with Crippen molar-refractivity contribution in [1.82, 2.24) is 0 Å². The lowest BCUT2D eigenvalue weighted by molar-refractivity contribution is -0.166. The minimum Gasteiger partial charge on any atom is -0.462 e. The lowest BCUT2D eigenvalue weighted by atomic mass is 10.0. The van der Waals surface area contributed by atoms with Gasteiger partial charge in [0.25, 0.3) is 0 Å². The first-order chi connectivity index (χ1) is 36.0. The van der Waals surface area contributed by atoms with E-state index in [9.17, 15) is 14.4 Å². The smallest absolute Gasteiger partial charge is 0.306 e. The highest BCUT2D eigenvalue weighted by Gasteiger charge is 2.19. The van der Waals surface area contributed by atoms with Crippen molar-refractivity contribution in [3.63, 3.8) is 0 Å². The molecule has 0 aromatic rings. The van der Waals surface area contributed by atoms with Gasteiger partial charge in [-0.15, -0.1) is 0 Å². The van der Waals surface area contributed by atoms with Crippen LogP contribution in [-0.4, -0.2) is 37.2 Å². The van der Waals surface area contributed by atoms with Gasteiger partial charge in [-0.2, -0.15) is 0 Å². The fourth-order valence-electron chi connectivity index (χ4n) is 9.25. The highest BCUT2D eigenvalue weighted by Crippen LogP contribution is 2.17. The topological polar surface area (TPSA) is 78.9 Å². The Labute approximate surface area is 453 Å². The number of hydrogen-bond acceptors (Lipinski definition) is 6. The van der Waals surface area contributed by atoms with Crippen LogP contribution in [0.2, 0.25) is 0 Å². The Balaban J connectivity index is 4.44. The molecule has 0 fully saturated rings. The van der Waals surface area contributed by atoms with E-state index in [1.807, 2.05) is 6.08 Å². The molecule has 6 heteroatoms. The maximum atomic E-state index is 12.9. The van der Waals surface area contributed by atoms with Gasteiger partial charge in [0, 0.05) is 19.3 Å². The lowest BCUT2D eigenvalue weighted by Crippen LogP contribution is -2.30. The van der Waals surface area contributed by atoms with Gasteiger partial charge in [-0.3, -0.25) is 14.4 Å². The van der Waals surface area contributed by atoms with Gasteiger partial charge in [-0.25, -0.2) is 0 Å². The quantitative estimate of drug-likeness (QED) is 0.0261. The third-order valence-corrected chi connectivity index (χ3v) is 14.0. The molecule has 0 radical (unpaired) electrons. The highest BCUT2D eigenvalue weighted by atomic mass is 16.6. The van der Waals surface area contributed by atoms with Crippen molar-refractivity contribution in [3.05, 3.63) is 60.8 Å². The summed E-state index contributed by atoms with van der Waals surface area (Å²) in [6.07, 6.45) is 78.1. The second kappa shape index (κ2) is 61.7. The van der Waals surface area contributed by atoms with E-state index >= 15 is 0 Å². The zero-order chi connectivity index (χ0) is 52.9. The maximum absolute atomic E-state index is 12.9. The number of allylic oxidation sites excluding steroid dienone is 10. The number of rotatable bonds is 58. The fourth-order valence-corrected chi connectivity index (χ4v) is 9.25. The van der Waals surface area contributed by atoms with E-state index < -0.39 is 6.10 Å². The highest BCUT2D eigenvalue weighted by molar-refractivity contribution is 5.71. The summed E-state index contributed by atoms with van der Waals surface area (Å²) in [5, 5.41) is 0. The summed E-state index contributed by atoms with van der Waals surface area (Å²) >= 11 is 0. The molecule has 0 saturated carbocycles. The predicted molar refractivity (Wildman–Crippen MR) is 316 cm³/mol. The first-order valence-electron chi connectivity index (χ1n) is 31.8. The average molecular weight is 1020 g/mol. The summed E-state index contributed by atoms with van der Waals surface area (Å²) in [5.41, 5.74) is 0. The number of esters is 3. The van der Waals surface area contributed by atoms with Gasteiger partial charge < -0.3 is 14.2 Å². The van der Waals surface area contributed by atoms with Crippen LogP contribution in [0.3, 0.4) is 0 Å². The molecular weight excluding hydrogens is 901 g/mol. The van der Waals surface area contributed by atoms with Gasteiger partial charge in [-0.05, 0) is 57.8 Å². The van der Waals surface area contributed by atoms with Gasteiger partial charge in [0.2, 0.25) is 0 Å². The van der Waals surface area contributed by atoms with Crippen LogP contribution in [0.4, 0.5) is 0 Å². The number of carbonyl (C=O) groups is 3. The van der Waals surface area contributed by atoms with E-state index in [1.54, 1.807) is 0 Å². The Morgan fingerprint density at radius 2 is 0.521 bits per heavy atom. The summed E-state index contributed by atoms with van der Waals surface area (Å²) in [6, 6.07) is 0. The molecule has 6 nitrogen and oxygen atoms in total. The van der Waals surface area contributed by atoms with Crippen LogP contribution < -0.4 is 0 Å². The van der Waals surface area contributed by atoms with Gasteiger partial charge in [0.05, 0.1) is 0 Å². The van der Waals surface area contributed by atoms with Crippen LogP contribution in [0.5, 0.6) is 0 Å². The van der Waals surface area contributed by atoms with Crippen LogP contribution in [0, 0.1) is 0 Å². The van der Waals surface area contributed by atoms with E-state index in [1.165, 1.54) is 218 Å². The number of hydrogen-bond donors (Lipinski definition) is 0. The van der Waals surface area contributed by atoms with E-state index in [2.05, 4.69) is 75.5 Å². The van der Waals surface area contributed by atoms with Crippen LogP contribution in [0.15, 0.2) is 60.8 Å². The second-order valence-corrected chi connectivity index (χ2v) is 21.3. The average Bonchev–Trinajstić information content (AvgIpc) is 3.39. The first kappa shape index (κ1) is 70.1. The molecule has 0 aliphatic rings. The molecule has 0 N–H and O–H groups in total. The molecule has 0 rings (SSSR count). The van der Waals surface area contributed by atoms with Gasteiger partial charge in [0.15, 0.2) is 6.10 Å². The van der Waals surface area contributed by atoms with E-state index in [-0.39, 0.29) is 37.5 Å². The number of ether oxygens (including phenoxy) is 3. The van der Waals surface area contributed by atoms with Gasteiger partial charge in [0.1, 0.15) is 13.2 Å². The van der Waals surface area contributed by atoms with Crippen molar-refractivity contribution in [2.45, 2.75) is 335 Å². The Kier molecular flexibility index (Phi) is 59.2. The SMILES string of the molecule is CCCCC/C=C\C/C=C\C/C=C\C/C=C\C/C=C\CCC(=O)OC(COC(=O)CCCCCCCCCCCCCCCCCCC)COC(=O)CCCCCCCCCCCCCCCCCCCCC.